The maximum absolute atomic E-state index is 13.9. The van der Waals surface area contributed by atoms with Crippen LogP contribution in [0, 0.1) is 12.7 Å². The van der Waals surface area contributed by atoms with Crippen LogP contribution in [0.5, 0.6) is 5.75 Å². The number of amides is 1. The Balaban J connectivity index is 1.32. The van der Waals surface area contributed by atoms with Crippen molar-refractivity contribution in [3.63, 3.8) is 0 Å². The maximum Gasteiger partial charge on any atom is 0.226 e. The summed E-state index contributed by atoms with van der Waals surface area (Å²) in [5.41, 5.74) is 2.27. The SMILES string of the molecule is COc1ccc(-c2cnc(CCC(=O)Nc3nc(C)c(Cc4ccccc4F)s3)o2)cc1. The van der Waals surface area contributed by atoms with Gasteiger partial charge in [-0.15, -0.1) is 11.3 Å². The first-order chi connectivity index (χ1) is 15.5. The van der Waals surface area contributed by atoms with E-state index in [4.69, 9.17) is 9.15 Å². The number of methoxy groups -OCH3 is 1. The van der Waals surface area contributed by atoms with E-state index in [1.165, 1.54) is 17.4 Å². The molecule has 4 rings (SSSR count). The van der Waals surface area contributed by atoms with E-state index in [2.05, 4.69) is 15.3 Å². The van der Waals surface area contributed by atoms with Crippen LogP contribution in [0.25, 0.3) is 11.3 Å². The summed E-state index contributed by atoms with van der Waals surface area (Å²) in [6, 6.07) is 14.1. The number of halogens is 1. The molecule has 6 nitrogen and oxygen atoms in total. The first kappa shape index (κ1) is 21.7. The van der Waals surface area contributed by atoms with Crippen molar-refractivity contribution in [3.8, 4) is 17.1 Å². The van der Waals surface area contributed by atoms with E-state index in [-0.39, 0.29) is 18.1 Å². The average Bonchev–Trinajstić information content (AvgIpc) is 3.40. The Bertz CT molecular complexity index is 1220. The Labute approximate surface area is 189 Å². The van der Waals surface area contributed by atoms with E-state index in [0.29, 0.717) is 35.2 Å². The summed E-state index contributed by atoms with van der Waals surface area (Å²) in [5, 5.41) is 3.32. The molecule has 0 radical (unpaired) electrons. The number of hydrogen-bond acceptors (Lipinski definition) is 6. The summed E-state index contributed by atoms with van der Waals surface area (Å²) >= 11 is 1.36. The van der Waals surface area contributed by atoms with Gasteiger partial charge in [-0.2, -0.15) is 0 Å². The average molecular weight is 452 g/mol. The summed E-state index contributed by atoms with van der Waals surface area (Å²) in [6.45, 7) is 1.86. The Kier molecular flexibility index (Phi) is 6.61. The zero-order chi connectivity index (χ0) is 22.5. The van der Waals surface area contributed by atoms with Crippen LogP contribution in [0.15, 0.2) is 59.1 Å². The van der Waals surface area contributed by atoms with Gasteiger partial charge in [-0.25, -0.2) is 14.4 Å². The predicted octanol–water partition coefficient (Wildman–Crippen LogP) is 5.42. The highest BCUT2D eigenvalue weighted by molar-refractivity contribution is 7.15. The quantitative estimate of drug-likeness (QED) is 0.387. The molecule has 8 heteroatoms. The van der Waals surface area contributed by atoms with E-state index in [9.17, 15) is 9.18 Å². The molecule has 0 aliphatic carbocycles. The number of thiazole rings is 1. The summed E-state index contributed by atoms with van der Waals surface area (Å²) in [7, 11) is 1.61. The van der Waals surface area contributed by atoms with E-state index >= 15 is 0 Å². The fraction of sp³-hybridized carbons (Fsp3) is 0.208. The lowest BCUT2D eigenvalue weighted by Crippen LogP contribution is -2.12. The lowest BCUT2D eigenvalue weighted by atomic mass is 10.1. The maximum atomic E-state index is 13.9. The van der Waals surface area contributed by atoms with Crippen molar-refractivity contribution in [2.24, 2.45) is 0 Å². The summed E-state index contributed by atoms with van der Waals surface area (Å²) in [4.78, 5) is 22.0. The number of anilines is 1. The molecule has 0 aliphatic rings. The van der Waals surface area contributed by atoms with Gasteiger partial charge in [0.2, 0.25) is 5.91 Å². The van der Waals surface area contributed by atoms with Gasteiger partial charge in [-0.05, 0) is 42.8 Å². The van der Waals surface area contributed by atoms with Gasteiger partial charge < -0.3 is 14.5 Å². The molecule has 2 aromatic carbocycles. The molecule has 4 aromatic rings. The van der Waals surface area contributed by atoms with Gasteiger partial charge in [0.05, 0.1) is 19.0 Å². The number of benzene rings is 2. The second-order valence-electron chi connectivity index (χ2n) is 7.19. The number of carbonyl (C=O) groups excluding carboxylic acids is 1. The highest BCUT2D eigenvalue weighted by Crippen LogP contribution is 2.27. The van der Waals surface area contributed by atoms with Crippen molar-refractivity contribution in [2.45, 2.75) is 26.2 Å². The normalized spacial score (nSPS) is 10.8. The number of rotatable bonds is 8. The number of ether oxygens (including phenoxy) is 1. The number of hydrogen-bond donors (Lipinski definition) is 1. The van der Waals surface area contributed by atoms with Gasteiger partial charge in [0, 0.05) is 29.7 Å². The fourth-order valence-electron chi connectivity index (χ4n) is 3.18. The Morgan fingerprint density at radius 1 is 1.19 bits per heavy atom. The standard InChI is InChI=1S/C24H22FN3O3S/c1-15-21(13-17-5-3-4-6-19(17)25)32-24(27-15)28-22(29)11-12-23-26-14-20(31-23)16-7-9-18(30-2)10-8-16/h3-10,14H,11-13H2,1-2H3,(H,27,28,29). The highest BCUT2D eigenvalue weighted by Gasteiger charge is 2.14. The summed E-state index contributed by atoms with van der Waals surface area (Å²) < 4.78 is 24.8. The Morgan fingerprint density at radius 3 is 2.72 bits per heavy atom. The molecule has 0 bridgehead atoms. The number of nitrogens with one attached hydrogen (secondary N) is 1. The molecular formula is C24H22FN3O3S. The molecule has 0 saturated carbocycles. The molecular weight excluding hydrogens is 429 g/mol. The summed E-state index contributed by atoms with van der Waals surface area (Å²) in [5.74, 6) is 1.46. The van der Waals surface area contributed by atoms with Crippen molar-refractivity contribution in [3.05, 3.63) is 82.6 Å². The number of aromatic nitrogens is 2. The van der Waals surface area contributed by atoms with Crippen molar-refractivity contribution < 1.29 is 18.3 Å². The number of oxazole rings is 1. The van der Waals surface area contributed by atoms with Crippen LogP contribution in [0.2, 0.25) is 0 Å². The molecule has 0 atom stereocenters. The van der Waals surface area contributed by atoms with Gasteiger partial charge in [-0.3, -0.25) is 4.79 Å². The first-order valence-electron chi connectivity index (χ1n) is 10.1. The van der Waals surface area contributed by atoms with Crippen LogP contribution < -0.4 is 10.1 Å². The second kappa shape index (κ2) is 9.74. The molecule has 164 valence electrons. The lowest BCUT2D eigenvalue weighted by molar-refractivity contribution is -0.116. The van der Waals surface area contributed by atoms with E-state index < -0.39 is 0 Å². The molecule has 0 spiro atoms. The zero-order valence-corrected chi connectivity index (χ0v) is 18.5. The highest BCUT2D eigenvalue weighted by atomic mass is 32.1. The van der Waals surface area contributed by atoms with E-state index in [1.54, 1.807) is 31.5 Å². The first-order valence-corrected chi connectivity index (χ1v) is 10.9. The molecule has 2 heterocycles. The summed E-state index contributed by atoms with van der Waals surface area (Å²) in [6.07, 6.45) is 2.67. The molecule has 1 amide bonds. The third kappa shape index (κ3) is 5.20. The van der Waals surface area contributed by atoms with Gasteiger partial charge in [0.15, 0.2) is 16.8 Å². The molecule has 0 saturated heterocycles. The Hall–Kier alpha value is -3.52. The second-order valence-corrected chi connectivity index (χ2v) is 8.27. The molecule has 1 N–H and O–H groups in total. The number of carbonyl (C=O) groups is 1. The third-order valence-corrected chi connectivity index (χ3v) is 6.01. The topological polar surface area (TPSA) is 77.2 Å². The fourth-order valence-corrected chi connectivity index (χ4v) is 4.18. The molecule has 32 heavy (non-hydrogen) atoms. The van der Waals surface area contributed by atoms with Crippen LogP contribution in [0.3, 0.4) is 0 Å². The largest absolute Gasteiger partial charge is 0.497 e. The predicted molar refractivity (Wildman–Crippen MR) is 121 cm³/mol. The van der Waals surface area contributed by atoms with Crippen molar-refractivity contribution in [2.75, 3.05) is 12.4 Å². The van der Waals surface area contributed by atoms with Crippen LogP contribution in [0.4, 0.5) is 9.52 Å². The number of nitrogens with zero attached hydrogens (tertiary/aromatic N) is 2. The van der Waals surface area contributed by atoms with Gasteiger partial charge in [-0.1, -0.05) is 18.2 Å². The third-order valence-electron chi connectivity index (χ3n) is 4.94. The number of aryl methyl sites for hydroxylation is 2. The lowest BCUT2D eigenvalue weighted by Gasteiger charge is -2.01. The van der Waals surface area contributed by atoms with Crippen LogP contribution in [-0.2, 0) is 17.6 Å². The van der Waals surface area contributed by atoms with Gasteiger partial charge in [0.1, 0.15) is 11.6 Å². The van der Waals surface area contributed by atoms with Gasteiger partial charge in [0.25, 0.3) is 0 Å². The minimum atomic E-state index is -0.245. The van der Waals surface area contributed by atoms with Crippen LogP contribution in [0.1, 0.15) is 28.4 Å². The Morgan fingerprint density at radius 2 is 1.97 bits per heavy atom. The minimum absolute atomic E-state index is 0.180. The van der Waals surface area contributed by atoms with Crippen LogP contribution >= 0.6 is 11.3 Å². The van der Waals surface area contributed by atoms with Crippen molar-refractivity contribution in [1.29, 1.82) is 0 Å². The van der Waals surface area contributed by atoms with E-state index in [1.807, 2.05) is 31.2 Å². The molecule has 2 aromatic heterocycles. The van der Waals surface area contributed by atoms with E-state index in [0.717, 1.165) is 21.9 Å². The molecule has 0 unspecified atom stereocenters. The van der Waals surface area contributed by atoms with Gasteiger partial charge >= 0.3 is 0 Å². The smallest absolute Gasteiger partial charge is 0.226 e. The van der Waals surface area contributed by atoms with Crippen molar-refractivity contribution in [1.82, 2.24) is 9.97 Å². The zero-order valence-electron chi connectivity index (χ0n) is 17.7. The molecule has 0 aliphatic heterocycles. The van der Waals surface area contributed by atoms with Crippen molar-refractivity contribution >= 4 is 22.4 Å². The van der Waals surface area contributed by atoms with Crippen LogP contribution in [-0.4, -0.2) is 23.0 Å². The minimum Gasteiger partial charge on any atom is -0.497 e. The molecule has 0 fully saturated rings. The monoisotopic (exact) mass is 451 g/mol.